The molecule has 1 saturated carbocycles. The van der Waals surface area contributed by atoms with Crippen LogP contribution in [0.25, 0.3) is 0 Å². The molecule has 0 spiro atoms. The summed E-state index contributed by atoms with van der Waals surface area (Å²) in [5.74, 6) is 2.27. The molecule has 3 heteroatoms. The molecule has 3 nitrogen and oxygen atoms in total. The maximum atomic E-state index is 12.1. The van der Waals surface area contributed by atoms with Gasteiger partial charge in [-0.3, -0.25) is 4.79 Å². The SMILES string of the molecule is COc1ccccc1[C@@H]1CC(=O)C[C@H]1c1ccccc1OC. The summed E-state index contributed by atoms with van der Waals surface area (Å²) in [6.45, 7) is 0. The van der Waals surface area contributed by atoms with E-state index in [1.165, 1.54) is 0 Å². The van der Waals surface area contributed by atoms with E-state index >= 15 is 0 Å². The minimum atomic E-state index is 0.139. The molecule has 114 valence electrons. The number of ketones is 1. The molecule has 0 amide bonds. The number of Topliss-reactive ketones (excluding diaryl/α,β-unsaturated/α-hetero) is 1. The van der Waals surface area contributed by atoms with Gasteiger partial charge in [0.1, 0.15) is 17.3 Å². The number of carbonyl (C=O) groups excluding carboxylic acids is 1. The molecule has 0 saturated heterocycles. The second-order valence-corrected chi connectivity index (χ2v) is 5.64. The number of hydrogen-bond acceptors (Lipinski definition) is 3. The lowest BCUT2D eigenvalue weighted by molar-refractivity contribution is -0.117. The van der Waals surface area contributed by atoms with Crippen LogP contribution in [0.1, 0.15) is 35.8 Å². The van der Waals surface area contributed by atoms with Gasteiger partial charge >= 0.3 is 0 Å². The zero-order valence-corrected chi connectivity index (χ0v) is 12.9. The summed E-state index contributed by atoms with van der Waals surface area (Å²) in [5.41, 5.74) is 2.21. The molecule has 0 N–H and O–H groups in total. The topological polar surface area (TPSA) is 35.5 Å². The molecule has 0 heterocycles. The van der Waals surface area contributed by atoms with Crippen molar-refractivity contribution in [3.63, 3.8) is 0 Å². The molecule has 0 aromatic heterocycles. The quantitative estimate of drug-likeness (QED) is 0.857. The van der Waals surface area contributed by atoms with Crippen LogP contribution in [0.4, 0.5) is 0 Å². The molecule has 1 fully saturated rings. The van der Waals surface area contributed by atoms with Crippen LogP contribution in [-0.4, -0.2) is 20.0 Å². The molecule has 2 atom stereocenters. The van der Waals surface area contributed by atoms with E-state index in [-0.39, 0.29) is 11.8 Å². The number of para-hydroxylation sites is 2. The molecule has 2 aromatic carbocycles. The molecule has 0 unspecified atom stereocenters. The third kappa shape index (κ3) is 2.59. The van der Waals surface area contributed by atoms with Crippen LogP contribution in [0.3, 0.4) is 0 Å². The average Bonchev–Trinajstić information content (AvgIpc) is 2.96. The van der Waals surface area contributed by atoms with Gasteiger partial charge in [-0.2, -0.15) is 0 Å². The van der Waals surface area contributed by atoms with Gasteiger partial charge in [-0.15, -0.1) is 0 Å². The van der Waals surface area contributed by atoms with E-state index in [1.54, 1.807) is 14.2 Å². The van der Waals surface area contributed by atoms with Gasteiger partial charge in [0.25, 0.3) is 0 Å². The Morgan fingerprint density at radius 2 is 1.18 bits per heavy atom. The van der Waals surface area contributed by atoms with Crippen LogP contribution in [0.5, 0.6) is 11.5 Å². The third-order valence-electron chi connectivity index (χ3n) is 4.46. The Balaban J connectivity index is 2.04. The van der Waals surface area contributed by atoms with E-state index in [0.29, 0.717) is 18.6 Å². The Morgan fingerprint density at radius 1 is 0.773 bits per heavy atom. The number of ether oxygens (including phenoxy) is 2. The van der Waals surface area contributed by atoms with Crippen molar-refractivity contribution in [1.82, 2.24) is 0 Å². The monoisotopic (exact) mass is 296 g/mol. The van der Waals surface area contributed by atoms with Crippen LogP contribution in [0.2, 0.25) is 0 Å². The van der Waals surface area contributed by atoms with Crippen molar-refractivity contribution >= 4 is 5.78 Å². The van der Waals surface area contributed by atoms with Gasteiger partial charge < -0.3 is 9.47 Å². The summed E-state index contributed by atoms with van der Waals surface area (Å²) in [4.78, 5) is 12.1. The van der Waals surface area contributed by atoms with Crippen molar-refractivity contribution in [2.75, 3.05) is 14.2 Å². The number of benzene rings is 2. The van der Waals surface area contributed by atoms with Crippen molar-refractivity contribution < 1.29 is 14.3 Å². The predicted molar refractivity (Wildman–Crippen MR) is 85.7 cm³/mol. The molecule has 3 rings (SSSR count). The number of methoxy groups -OCH3 is 2. The van der Waals surface area contributed by atoms with Crippen LogP contribution in [-0.2, 0) is 4.79 Å². The molecule has 22 heavy (non-hydrogen) atoms. The van der Waals surface area contributed by atoms with Gasteiger partial charge in [0.15, 0.2) is 0 Å². The summed E-state index contributed by atoms with van der Waals surface area (Å²) in [5, 5.41) is 0. The lowest BCUT2D eigenvalue weighted by Gasteiger charge is -2.23. The van der Waals surface area contributed by atoms with E-state index in [9.17, 15) is 4.79 Å². The molecular weight excluding hydrogens is 276 g/mol. The third-order valence-corrected chi connectivity index (χ3v) is 4.46. The van der Waals surface area contributed by atoms with Gasteiger partial charge in [-0.1, -0.05) is 36.4 Å². The van der Waals surface area contributed by atoms with E-state index in [0.717, 1.165) is 22.6 Å². The summed E-state index contributed by atoms with van der Waals surface area (Å²) in [6.07, 6.45) is 1.12. The number of hydrogen-bond donors (Lipinski definition) is 0. The van der Waals surface area contributed by atoms with Gasteiger partial charge in [0.2, 0.25) is 0 Å². The molecule has 0 aliphatic heterocycles. The zero-order chi connectivity index (χ0) is 15.5. The molecule has 1 aliphatic rings. The Bertz CT molecular complexity index is 620. The van der Waals surface area contributed by atoms with E-state index < -0.39 is 0 Å². The summed E-state index contributed by atoms with van der Waals surface area (Å²) >= 11 is 0. The van der Waals surface area contributed by atoms with Crippen LogP contribution in [0.15, 0.2) is 48.5 Å². The standard InChI is InChI=1S/C19H20O3/c1-21-18-9-5-3-7-14(18)16-11-13(20)12-17(16)15-8-4-6-10-19(15)22-2/h3-10,16-17H,11-12H2,1-2H3/t16-,17-/m0/s1. The van der Waals surface area contributed by atoms with Gasteiger partial charge in [-0.25, -0.2) is 0 Å². The maximum absolute atomic E-state index is 12.1. The highest BCUT2D eigenvalue weighted by Gasteiger charge is 2.37. The fraction of sp³-hybridized carbons (Fsp3) is 0.316. The first-order chi connectivity index (χ1) is 10.7. The first-order valence-corrected chi connectivity index (χ1v) is 7.52. The molecule has 1 aliphatic carbocycles. The van der Waals surface area contributed by atoms with Crippen molar-refractivity contribution in [3.05, 3.63) is 59.7 Å². The van der Waals surface area contributed by atoms with E-state index in [4.69, 9.17) is 9.47 Å². The smallest absolute Gasteiger partial charge is 0.134 e. The normalized spacial score (nSPS) is 20.9. The maximum Gasteiger partial charge on any atom is 0.134 e. The largest absolute Gasteiger partial charge is 0.496 e. The highest BCUT2D eigenvalue weighted by molar-refractivity contribution is 5.84. The second-order valence-electron chi connectivity index (χ2n) is 5.64. The highest BCUT2D eigenvalue weighted by atomic mass is 16.5. The van der Waals surface area contributed by atoms with Gasteiger partial charge in [0.05, 0.1) is 14.2 Å². The zero-order valence-electron chi connectivity index (χ0n) is 12.9. The molecular formula is C19H20O3. The van der Waals surface area contributed by atoms with Crippen LogP contribution >= 0.6 is 0 Å². The lowest BCUT2D eigenvalue weighted by atomic mass is 9.83. The Labute approximate surface area is 130 Å². The molecule has 2 aromatic rings. The number of rotatable bonds is 4. The first kappa shape index (κ1) is 14.6. The van der Waals surface area contributed by atoms with Crippen molar-refractivity contribution in [2.24, 2.45) is 0 Å². The summed E-state index contributed by atoms with van der Waals surface area (Å²) in [6, 6.07) is 15.9. The van der Waals surface area contributed by atoms with Crippen LogP contribution < -0.4 is 9.47 Å². The van der Waals surface area contributed by atoms with Crippen molar-refractivity contribution in [3.8, 4) is 11.5 Å². The van der Waals surface area contributed by atoms with Crippen molar-refractivity contribution in [1.29, 1.82) is 0 Å². The second kappa shape index (κ2) is 6.22. The Kier molecular flexibility index (Phi) is 4.14. The predicted octanol–water partition coefficient (Wildman–Crippen LogP) is 3.93. The Hall–Kier alpha value is -2.29. The average molecular weight is 296 g/mol. The number of carbonyl (C=O) groups is 1. The molecule has 0 bridgehead atoms. The summed E-state index contributed by atoms with van der Waals surface area (Å²) < 4.78 is 11.0. The minimum Gasteiger partial charge on any atom is -0.496 e. The molecule has 0 radical (unpaired) electrons. The summed E-state index contributed by atoms with van der Waals surface area (Å²) in [7, 11) is 3.35. The minimum absolute atomic E-state index is 0.139. The fourth-order valence-electron chi connectivity index (χ4n) is 3.46. The highest BCUT2D eigenvalue weighted by Crippen LogP contribution is 2.48. The first-order valence-electron chi connectivity index (χ1n) is 7.52. The van der Waals surface area contributed by atoms with E-state index in [2.05, 4.69) is 12.1 Å². The van der Waals surface area contributed by atoms with E-state index in [1.807, 2.05) is 36.4 Å². The lowest BCUT2D eigenvalue weighted by Crippen LogP contribution is -2.07. The fourth-order valence-corrected chi connectivity index (χ4v) is 3.46. The Morgan fingerprint density at radius 3 is 1.59 bits per heavy atom. The van der Waals surface area contributed by atoms with Crippen molar-refractivity contribution in [2.45, 2.75) is 24.7 Å². The van der Waals surface area contributed by atoms with Gasteiger partial charge in [0, 0.05) is 24.7 Å². The van der Waals surface area contributed by atoms with Gasteiger partial charge in [-0.05, 0) is 23.3 Å². The van der Waals surface area contributed by atoms with Crippen LogP contribution in [0, 0.1) is 0 Å².